The zero-order valence-electron chi connectivity index (χ0n) is 13.9. The molecule has 0 aromatic rings. The van der Waals surface area contributed by atoms with E-state index in [0.29, 0.717) is 12.5 Å². The molecule has 1 saturated heterocycles. The van der Waals surface area contributed by atoms with Gasteiger partial charge in [-0.3, -0.25) is 9.59 Å². The smallest absolute Gasteiger partial charge is 0.246 e. The largest absolute Gasteiger partial charge is 0.342 e. The first-order valence-corrected chi connectivity index (χ1v) is 9.08. The Labute approximate surface area is 132 Å². The molecule has 2 amide bonds. The second-order valence-electron chi connectivity index (χ2n) is 7.38. The molecule has 1 aliphatic heterocycles. The second kappa shape index (κ2) is 5.82. The lowest BCUT2D eigenvalue weighted by atomic mass is 9.80. The molecule has 21 heavy (non-hydrogen) atoms. The highest BCUT2D eigenvalue weighted by Gasteiger charge is 2.58. The molecule has 0 spiro atoms. The highest BCUT2D eigenvalue weighted by molar-refractivity contribution is 7.99. The molecular weight excluding hydrogens is 284 g/mol. The maximum absolute atomic E-state index is 13.0. The monoisotopic (exact) mass is 312 g/mol. The zero-order valence-corrected chi connectivity index (χ0v) is 14.7. The Bertz CT molecular complexity index is 428. The third-order valence-electron chi connectivity index (χ3n) is 4.71. The second-order valence-corrected chi connectivity index (χ2v) is 8.77. The highest BCUT2D eigenvalue weighted by Crippen LogP contribution is 2.45. The fourth-order valence-corrected chi connectivity index (χ4v) is 3.73. The van der Waals surface area contributed by atoms with Crippen LogP contribution in [0.5, 0.6) is 0 Å². The first-order chi connectivity index (χ1) is 9.72. The van der Waals surface area contributed by atoms with Gasteiger partial charge in [0.05, 0.1) is 0 Å². The molecule has 5 heteroatoms. The van der Waals surface area contributed by atoms with Gasteiger partial charge in [-0.05, 0) is 36.9 Å². The van der Waals surface area contributed by atoms with Crippen LogP contribution in [-0.4, -0.2) is 46.3 Å². The standard InChI is InChI=1S/C16H28N2O2S/c1-6-21-10-9-18-13(19)12(15(2,3)4)17-14(20)16(18,5)11-7-8-11/h11-12H,6-10H2,1-5H3,(H,17,20). The third kappa shape index (κ3) is 3.08. The van der Waals surface area contributed by atoms with Crippen molar-refractivity contribution in [1.82, 2.24) is 10.2 Å². The van der Waals surface area contributed by atoms with E-state index in [0.717, 1.165) is 24.3 Å². The first kappa shape index (κ1) is 16.7. The van der Waals surface area contributed by atoms with Crippen molar-refractivity contribution in [2.45, 2.75) is 59.0 Å². The van der Waals surface area contributed by atoms with Gasteiger partial charge in [-0.2, -0.15) is 11.8 Å². The number of nitrogens with zero attached hydrogens (tertiary/aromatic N) is 1. The van der Waals surface area contributed by atoms with Crippen molar-refractivity contribution in [2.75, 3.05) is 18.1 Å². The molecule has 2 atom stereocenters. The number of amides is 2. The van der Waals surface area contributed by atoms with Gasteiger partial charge in [-0.1, -0.05) is 27.7 Å². The molecule has 1 saturated carbocycles. The Morgan fingerprint density at radius 3 is 2.43 bits per heavy atom. The Morgan fingerprint density at radius 2 is 1.95 bits per heavy atom. The number of nitrogens with one attached hydrogen (secondary N) is 1. The van der Waals surface area contributed by atoms with Gasteiger partial charge >= 0.3 is 0 Å². The summed E-state index contributed by atoms with van der Waals surface area (Å²) >= 11 is 1.82. The molecule has 1 heterocycles. The van der Waals surface area contributed by atoms with Gasteiger partial charge in [0.1, 0.15) is 11.6 Å². The number of rotatable bonds is 5. The molecular formula is C16H28N2O2S. The van der Waals surface area contributed by atoms with Gasteiger partial charge in [0, 0.05) is 12.3 Å². The van der Waals surface area contributed by atoms with Crippen LogP contribution in [-0.2, 0) is 9.59 Å². The Hall–Kier alpha value is -0.710. The summed E-state index contributed by atoms with van der Waals surface area (Å²) < 4.78 is 0. The van der Waals surface area contributed by atoms with Gasteiger partial charge in [0.2, 0.25) is 11.8 Å². The van der Waals surface area contributed by atoms with E-state index in [2.05, 4.69) is 12.2 Å². The van der Waals surface area contributed by atoms with Crippen LogP contribution in [0, 0.1) is 11.3 Å². The quantitative estimate of drug-likeness (QED) is 0.792. The van der Waals surface area contributed by atoms with Crippen LogP contribution < -0.4 is 5.32 Å². The zero-order chi connectivity index (χ0) is 15.8. The summed E-state index contributed by atoms with van der Waals surface area (Å²) in [6, 6.07) is -0.413. The van der Waals surface area contributed by atoms with Gasteiger partial charge in [-0.25, -0.2) is 0 Å². The lowest BCUT2D eigenvalue weighted by Crippen LogP contribution is -2.72. The number of piperazine rings is 1. The van der Waals surface area contributed by atoms with Crippen molar-refractivity contribution in [3.63, 3.8) is 0 Å². The minimum Gasteiger partial charge on any atom is -0.342 e. The molecule has 2 aliphatic rings. The first-order valence-electron chi connectivity index (χ1n) is 7.93. The van der Waals surface area contributed by atoms with E-state index in [-0.39, 0.29) is 17.2 Å². The minimum atomic E-state index is -0.646. The lowest BCUT2D eigenvalue weighted by Gasteiger charge is -2.49. The normalized spacial score (nSPS) is 30.5. The molecule has 2 unspecified atom stereocenters. The average molecular weight is 312 g/mol. The summed E-state index contributed by atoms with van der Waals surface area (Å²) in [5.41, 5.74) is -0.902. The van der Waals surface area contributed by atoms with Crippen molar-refractivity contribution in [3.8, 4) is 0 Å². The third-order valence-corrected chi connectivity index (χ3v) is 5.59. The Balaban J connectivity index is 2.26. The lowest BCUT2D eigenvalue weighted by molar-refractivity contribution is -0.160. The molecule has 2 rings (SSSR count). The van der Waals surface area contributed by atoms with Crippen LogP contribution in [0.1, 0.15) is 47.5 Å². The van der Waals surface area contributed by atoms with Crippen LogP contribution in [0.4, 0.5) is 0 Å². The number of thioether (sulfide) groups is 1. The van der Waals surface area contributed by atoms with Crippen LogP contribution in [0.25, 0.3) is 0 Å². The SMILES string of the molecule is CCSCCN1C(=O)C(C(C)(C)C)NC(=O)C1(C)C1CC1. The Kier molecular flexibility index (Phi) is 4.62. The highest BCUT2D eigenvalue weighted by atomic mass is 32.2. The number of carbonyl (C=O) groups is 2. The number of carbonyl (C=O) groups excluding carboxylic acids is 2. The van der Waals surface area contributed by atoms with E-state index in [9.17, 15) is 9.59 Å². The molecule has 1 aliphatic carbocycles. The van der Waals surface area contributed by atoms with Crippen molar-refractivity contribution < 1.29 is 9.59 Å². The summed E-state index contributed by atoms with van der Waals surface area (Å²) in [6.07, 6.45) is 2.10. The van der Waals surface area contributed by atoms with Crippen LogP contribution in [0.2, 0.25) is 0 Å². The minimum absolute atomic E-state index is 0.0334. The van der Waals surface area contributed by atoms with Gasteiger partial charge in [0.15, 0.2) is 0 Å². The molecule has 0 radical (unpaired) electrons. The van der Waals surface area contributed by atoms with E-state index in [1.807, 2.05) is 44.4 Å². The van der Waals surface area contributed by atoms with E-state index in [1.165, 1.54) is 0 Å². The number of hydrogen-bond acceptors (Lipinski definition) is 3. The topological polar surface area (TPSA) is 49.4 Å². The summed E-state index contributed by atoms with van der Waals surface area (Å²) in [7, 11) is 0. The molecule has 4 nitrogen and oxygen atoms in total. The van der Waals surface area contributed by atoms with E-state index >= 15 is 0 Å². The molecule has 1 N–H and O–H groups in total. The van der Waals surface area contributed by atoms with Crippen molar-refractivity contribution in [1.29, 1.82) is 0 Å². The van der Waals surface area contributed by atoms with Crippen molar-refractivity contribution in [2.24, 2.45) is 11.3 Å². The fourth-order valence-electron chi connectivity index (χ4n) is 3.13. The van der Waals surface area contributed by atoms with E-state index in [4.69, 9.17) is 0 Å². The summed E-state index contributed by atoms with van der Waals surface area (Å²) in [4.78, 5) is 27.6. The maximum atomic E-state index is 13.0. The predicted octanol–water partition coefficient (Wildman–Crippen LogP) is 2.28. The molecule has 120 valence electrons. The Morgan fingerprint density at radius 1 is 1.33 bits per heavy atom. The van der Waals surface area contributed by atoms with Crippen molar-refractivity contribution in [3.05, 3.63) is 0 Å². The maximum Gasteiger partial charge on any atom is 0.246 e. The molecule has 2 fully saturated rings. The summed E-state index contributed by atoms with van der Waals surface area (Å²) in [5, 5.41) is 3.00. The fraction of sp³-hybridized carbons (Fsp3) is 0.875. The predicted molar refractivity (Wildman–Crippen MR) is 87.2 cm³/mol. The molecule has 0 bridgehead atoms. The van der Waals surface area contributed by atoms with Crippen LogP contribution >= 0.6 is 11.8 Å². The molecule has 0 aromatic heterocycles. The van der Waals surface area contributed by atoms with E-state index < -0.39 is 11.6 Å². The van der Waals surface area contributed by atoms with E-state index in [1.54, 1.807) is 0 Å². The molecule has 0 aromatic carbocycles. The summed E-state index contributed by atoms with van der Waals surface area (Å²) in [6.45, 7) is 10.8. The van der Waals surface area contributed by atoms with Crippen LogP contribution in [0.3, 0.4) is 0 Å². The van der Waals surface area contributed by atoms with Crippen LogP contribution in [0.15, 0.2) is 0 Å². The van der Waals surface area contributed by atoms with Gasteiger partial charge in [0.25, 0.3) is 0 Å². The van der Waals surface area contributed by atoms with Gasteiger partial charge < -0.3 is 10.2 Å². The van der Waals surface area contributed by atoms with Gasteiger partial charge in [-0.15, -0.1) is 0 Å². The average Bonchev–Trinajstić information content (AvgIpc) is 3.21. The van der Waals surface area contributed by atoms with Crippen molar-refractivity contribution >= 4 is 23.6 Å². The summed E-state index contributed by atoms with van der Waals surface area (Å²) in [5.74, 6) is 2.39. The number of hydrogen-bond donors (Lipinski definition) is 1.